The molecule has 0 atom stereocenters. The SMILES string of the molecule is COC(=O)C1(C)CCC(CN(C)C(=O)OC(C)(C)C)CC1. The largest absolute Gasteiger partial charge is 0.469 e. The number of ether oxygens (including phenoxy) is 2. The lowest BCUT2D eigenvalue weighted by molar-refractivity contribution is -0.154. The molecule has 0 radical (unpaired) electrons. The summed E-state index contributed by atoms with van der Waals surface area (Å²) in [6.45, 7) is 8.22. The molecule has 5 heteroatoms. The summed E-state index contributed by atoms with van der Waals surface area (Å²) in [5.74, 6) is 0.293. The number of methoxy groups -OCH3 is 1. The highest BCUT2D eigenvalue weighted by atomic mass is 16.6. The molecule has 1 aliphatic rings. The van der Waals surface area contributed by atoms with Gasteiger partial charge in [-0.3, -0.25) is 4.79 Å². The van der Waals surface area contributed by atoms with E-state index in [0.717, 1.165) is 25.7 Å². The van der Waals surface area contributed by atoms with Crippen LogP contribution in [0.15, 0.2) is 0 Å². The van der Waals surface area contributed by atoms with E-state index in [-0.39, 0.29) is 17.5 Å². The Morgan fingerprint density at radius 1 is 1.24 bits per heavy atom. The first-order chi connectivity index (χ1) is 9.57. The zero-order chi connectivity index (χ0) is 16.3. The van der Waals surface area contributed by atoms with Crippen molar-refractivity contribution in [3.8, 4) is 0 Å². The summed E-state index contributed by atoms with van der Waals surface area (Å²) in [7, 11) is 3.21. The maximum Gasteiger partial charge on any atom is 0.410 e. The zero-order valence-corrected chi connectivity index (χ0v) is 14.2. The fourth-order valence-corrected chi connectivity index (χ4v) is 2.75. The number of carbonyl (C=O) groups excluding carboxylic acids is 2. The molecule has 0 aliphatic heterocycles. The van der Waals surface area contributed by atoms with Crippen molar-refractivity contribution in [2.45, 2.75) is 59.0 Å². The highest BCUT2D eigenvalue weighted by Crippen LogP contribution is 2.39. The number of hydrogen-bond donors (Lipinski definition) is 0. The second-order valence-corrected chi connectivity index (χ2v) is 7.36. The van der Waals surface area contributed by atoms with Crippen molar-refractivity contribution >= 4 is 12.1 Å². The summed E-state index contributed by atoms with van der Waals surface area (Å²) in [6.07, 6.45) is 3.19. The monoisotopic (exact) mass is 299 g/mol. The normalized spacial score (nSPS) is 26.1. The molecule has 1 rings (SSSR count). The Kier molecular flexibility index (Phi) is 5.65. The van der Waals surface area contributed by atoms with Crippen molar-refractivity contribution in [2.24, 2.45) is 11.3 Å². The maximum absolute atomic E-state index is 11.9. The third-order valence-corrected chi connectivity index (χ3v) is 4.12. The molecule has 0 aromatic carbocycles. The highest BCUT2D eigenvalue weighted by Gasteiger charge is 2.38. The first kappa shape index (κ1) is 17.8. The molecule has 1 aliphatic carbocycles. The van der Waals surface area contributed by atoms with Crippen LogP contribution in [0.4, 0.5) is 4.79 Å². The molecule has 0 aromatic rings. The highest BCUT2D eigenvalue weighted by molar-refractivity contribution is 5.76. The lowest BCUT2D eigenvalue weighted by atomic mass is 9.71. The van der Waals surface area contributed by atoms with E-state index in [1.807, 2.05) is 27.7 Å². The van der Waals surface area contributed by atoms with Crippen LogP contribution < -0.4 is 0 Å². The summed E-state index contributed by atoms with van der Waals surface area (Å²) in [5.41, 5.74) is -0.836. The predicted molar refractivity (Wildman–Crippen MR) is 80.9 cm³/mol. The van der Waals surface area contributed by atoms with E-state index in [9.17, 15) is 9.59 Å². The molecule has 0 N–H and O–H groups in total. The van der Waals surface area contributed by atoms with Gasteiger partial charge in [-0.25, -0.2) is 4.79 Å². The van der Waals surface area contributed by atoms with Crippen molar-refractivity contribution in [1.82, 2.24) is 4.90 Å². The molecule has 1 fully saturated rings. The maximum atomic E-state index is 11.9. The van der Waals surface area contributed by atoms with Gasteiger partial charge in [0.25, 0.3) is 0 Å². The molecule has 0 aromatic heterocycles. The molecular formula is C16H29NO4. The Labute approximate surface area is 128 Å². The Hall–Kier alpha value is -1.26. The number of nitrogens with zero attached hydrogens (tertiary/aromatic N) is 1. The first-order valence-electron chi connectivity index (χ1n) is 7.60. The number of esters is 1. The van der Waals surface area contributed by atoms with Crippen molar-refractivity contribution in [2.75, 3.05) is 20.7 Å². The second kappa shape index (κ2) is 6.67. The number of hydrogen-bond acceptors (Lipinski definition) is 4. The van der Waals surface area contributed by atoms with E-state index in [4.69, 9.17) is 9.47 Å². The smallest absolute Gasteiger partial charge is 0.410 e. The van der Waals surface area contributed by atoms with Gasteiger partial charge in [0.1, 0.15) is 5.60 Å². The fraction of sp³-hybridized carbons (Fsp3) is 0.875. The molecule has 0 heterocycles. The van der Waals surface area contributed by atoms with E-state index in [0.29, 0.717) is 12.5 Å². The van der Waals surface area contributed by atoms with Gasteiger partial charge in [0.05, 0.1) is 12.5 Å². The molecule has 0 spiro atoms. The van der Waals surface area contributed by atoms with Crippen LogP contribution in [0.3, 0.4) is 0 Å². The van der Waals surface area contributed by atoms with Gasteiger partial charge in [0.15, 0.2) is 0 Å². The third-order valence-electron chi connectivity index (χ3n) is 4.12. The van der Waals surface area contributed by atoms with E-state index in [1.54, 1.807) is 11.9 Å². The van der Waals surface area contributed by atoms with Crippen LogP contribution in [0.5, 0.6) is 0 Å². The minimum atomic E-state index is -0.471. The van der Waals surface area contributed by atoms with Crippen LogP contribution in [-0.4, -0.2) is 43.3 Å². The summed E-state index contributed by atoms with van der Waals surface area (Å²) in [4.78, 5) is 25.4. The van der Waals surface area contributed by atoms with Gasteiger partial charge in [0.2, 0.25) is 0 Å². The van der Waals surface area contributed by atoms with Crippen LogP contribution in [0, 0.1) is 11.3 Å². The molecule has 1 amide bonds. The standard InChI is InChI=1S/C16H29NO4/c1-15(2,3)21-14(19)17(5)11-12-7-9-16(4,10-8-12)13(18)20-6/h12H,7-11H2,1-6H3. The van der Waals surface area contributed by atoms with Crippen molar-refractivity contribution in [1.29, 1.82) is 0 Å². The van der Waals surface area contributed by atoms with Crippen LogP contribution in [-0.2, 0) is 14.3 Å². The van der Waals surface area contributed by atoms with Gasteiger partial charge >= 0.3 is 12.1 Å². The average Bonchev–Trinajstić information content (AvgIpc) is 2.38. The van der Waals surface area contributed by atoms with Crippen molar-refractivity contribution in [3.63, 3.8) is 0 Å². The Bertz CT molecular complexity index is 378. The molecule has 5 nitrogen and oxygen atoms in total. The minimum Gasteiger partial charge on any atom is -0.469 e. The van der Waals surface area contributed by atoms with Crippen molar-refractivity contribution in [3.05, 3.63) is 0 Å². The molecule has 122 valence electrons. The van der Waals surface area contributed by atoms with Crippen molar-refractivity contribution < 1.29 is 19.1 Å². The molecule has 21 heavy (non-hydrogen) atoms. The lowest BCUT2D eigenvalue weighted by Gasteiger charge is -2.36. The molecule has 0 unspecified atom stereocenters. The van der Waals surface area contributed by atoms with E-state index in [2.05, 4.69) is 0 Å². The summed E-state index contributed by atoms with van der Waals surface area (Å²) >= 11 is 0. The Balaban J connectivity index is 2.45. The second-order valence-electron chi connectivity index (χ2n) is 7.36. The third kappa shape index (κ3) is 5.21. The van der Waals surface area contributed by atoms with Gasteiger partial charge in [-0.15, -0.1) is 0 Å². The van der Waals surface area contributed by atoms with Crippen LogP contribution in [0.25, 0.3) is 0 Å². The average molecular weight is 299 g/mol. The fourth-order valence-electron chi connectivity index (χ4n) is 2.75. The van der Waals surface area contributed by atoms with Gasteiger partial charge in [-0.1, -0.05) is 0 Å². The molecule has 0 saturated heterocycles. The zero-order valence-electron chi connectivity index (χ0n) is 14.2. The Morgan fingerprint density at radius 3 is 2.19 bits per heavy atom. The topological polar surface area (TPSA) is 55.8 Å². The first-order valence-corrected chi connectivity index (χ1v) is 7.60. The van der Waals surface area contributed by atoms with Crippen LogP contribution in [0.2, 0.25) is 0 Å². The summed E-state index contributed by atoms with van der Waals surface area (Å²) in [6, 6.07) is 0. The minimum absolute atomic E-state index is 0.124. The van der Waals surface area contributed by atoms with E-state index in [1.165, 1.54) is 7.11 Å². The number of rotatable bonds is 3. The van der Waals surface area contributed by atoms with Gasteiger partial charge in [0, 0.05) is 13.6 Å². The van der Waals surface area contributed by atoms with E-state index >= 15 is 0 Å². The van der Waals surface area contributed by atoms with Crippen LogP contribution >= 0.6 is 0 Å². The number of carbonyl (C=O) groups is 2. The quantitative estimate of drug-likeness (QED) is 0.751. The number of amides is 1. The van der Waals surface area contributed by atoms with Gasteiger partial charge in [-0.05, 0) is 59.3 Å². The van der Waals surface area contributed by atoms with Crippen LogP contribution in [0.1, 0.15) is 53.4 Å². The predicted octanol–water partition coefficient (Wildman–Crippen LogP) is 3.22. The molecular weight excluding hydrogens is 270 g/mol. The van der Waals surface area contributed by atoms with E-state index < -0.39 is 5.60 Å². The molecule has 1 saturated carbocycles. The lowest BCUT2D eigenvalue weighted by Crippen LogP contribution is -2.40. The summed E-state index contributed by atoms with van der Waals surface area (Å²) in [5, 5.41) is 0. The Morgan fingerprint density at radius 2 is 1.76 bits per heavy atom. The van der Waals surface area contributed by atoms with Gasteiger partial charge in [-0.2, -0.15) is 0 Å². The summed E-state index contributed by atoms with van der Waals surface area (Å²) < 4.78 is 10.2. The molecule has 0 bridgehead atoms. The van der Waals surface area contributed by atoms with Gasteiger partial charge < -0.3 is 14.4 Å².